The van der Waals surface area contributed by atoms with Crippen molar-refractivity contribution in [3.63, 3.8) is 0 Å². The predicted octanol–water partition coefficient (Wildman–Crippen LogP) is 3.63. The minimum Gasteiger partial charge on any atom is -0.383 e. The van der Waals surface area contributed by atoms with Crippen molar-refractivity contribution in [1.82, 2.24) is 9.55 Å². The minimum absolute atomic E-state index is 0.281. The fraction of sp³-hybridized carbons (Fsp3) is 0.400. The molecule has 1 heterocycles. The summed E-state index contributed by atoms with van der Waals surface area (Å²) in [4.78, 5) is 4.51. The van der Waals surface area contributed by atoms with E-state index in [4.69, 9.17) is 5.73 Å². The summed E-state index contributed by atoms with van der Waals surface area (Å²) in [5.74, 6) is 1.21. The molecule has 4 heteroatoms. The Morgan fingerprint density at radius 3 is 2.63 bits per heavy atom. The summed E-state index contributed by atoms with van der Waals surface area (Å²) in [7, 11) is 0. The summed E-state index contributed by atoms with van der Waals surface area (Å²) in [5.41, 5.74) is 7.19. The highest BCUT2D eigenvalue weighted by atomic mass is 19.1. The first-order valence-electron chi connectivity index (χ1n) is 6.78. The number of halogens is 1. The molecule has 0 atom stereocenters. The molecule has 0 amide bonds. The van der Waals surface area contributed by atoms with Crippen molar-refractivity contribution in [2.45, 2.75) is 39.7 Å². The summed E-state index contributed by atoms with van der Waals surface area (Å²) in [5, 5.41) is 0. The summed E-state index contributed by atoms with van der Waals surface area (Å²) >= 11 is 0. The van der Waals surface area contributed by atoms with Gasteiger partial charge in [0.2, 0.25) is 0 Å². The number of aromatic nitrogens is 2. The molecule has 2 rings (SSSR count). The fourth-order valence-electron chi connectivity index (χ4n) is 2.20. The maximum absolute atomic E-state index is 13.8. The van der Waals surface area contributed by atoms with Gasteiger partial charge in [0, 0.05) is 18.5 Å². The number of nitrogen functional groups attached to an aromatic ring is 1. The largest absolute Gasteiger partial charge is 0.383 e. The van der Waals surface area contributed by atoms with Crippen LogP contribution in [0.2, 0.25) is 0 Å². The van der Waals surface area contributed by atoms with E-state index in [1.54, 1.807) is 18.2 Å². The molecule has 0 fully saturated rings. The van der Waals surface area contributed by atoms with E-state index in [0.717, 1.165) is 31.6 Å². The third-order valence-corrected chi connectivity index (χ3v) is 3.27. The van der Waals surface area contributed by atoms with E-state index in [9.17, 15) is 4.39 Å². The molecule has 102 valence electrons. The number of imidazole rings is 1. The maximum Gasteiger partial charge on any atom is 0.132 e. The van der Waals surface area contributed by atoms with Gasteiger partial charge in [-0.25, -0.2) is 9.37 Å². The van der Waals surface area contributed by atoms with Crippen LogP contribution in [-0.4, -0.2) is 9.55 Å². The van der Waals surface area contributed by atoms with Crippen molar-refractivity contribution >= 4 is 5.82 Å². The number of aryl methyl sites for hydroxylation is 1. The van der Waals surface area contributed by atoms with E-state index in [0.29, 0.717) is 17.1 Å². The van der Waals surface area contributed by atoms with Gasteiger partial charge in [-0.1, -0.05) is 32.4 Å². The van der Waals surface area contributed by atoms with E-state index in [2.05, 4.69) is 11.9 Å². The van der Waals surface area contributed by atoms with Gasteiger partial charge in [-0.2, -0.15) is 0 Å². The second kappa shape index (κ2) is 5.87. The van der Waals surface area contributed by atoms with Gasteiger partial charge in [0.15, 0.2) is 0 Å². The van der Waals surface area contributed by atoms with E-state index < -0.39 is 0 Å². The smallest absolute Gasteiger partial charge is 0.132 e. The molecule has 0 saturated heterocycles. The zero-order valence-corrected chi connectivity index (χ0v) is 11.5. The van der Waals surface area contributed by atoms with E-state index in [-0.39, 0.29) is 5.82 Å². The maximum atomic E-state index is 13.8. The molecule has 0 spiro atoms. The van der Waals surface area contributed by atoms with Crippen molar-refractivity contribution in [1.29, 1.82) is 0 Å². The predicted molar refractivity (Wildman–Crippen MR) is 76.3 cm³/mol. The van der Waals surface area contributed by atoms with E-state index >= 15 is 0 Å². The lowest BCUT2D eigenvalue weighted by Crippen LogP contribution is -2.06. The Morgan fingerprint density at radius 1 is 1.26 bits per heavy atom. The first kappa shape index (κ1) is 13.6. The van der Waals surface area contributed by atoms with Gasteiger partial charge in [0.05, 0.1) is 0 Å². The van der Waals surface area contributed by atoms with E-state index in [1.807, 2.05) is 11.5 Å². The van der Waals surface area contributed by atoms with Gasteiger partial charge in [0.1, 0.15) is 23.2 Å². The molecule has 0 aliphatic carbocycles. The van der Waals surface area contributed by atoms with E-state index in [1.165, 1.54) is 6.07 Å². The van der Waals surface area contributed by atoms with Crippen LogP contribution in [0.1, 0.15) is 32.5 Å². The van der Waals surface area contributed by atoms with Gasteiger partial charge >= 0.3 is 0 Å². The van der Waals surface area contributed by atoms with Gasteiger partial charge < -0.3 is 10.3 Å². The van der Waals surface area contributed by atoms with Crippen LogP contribution >= 0.6 is 0 Å². The minimum atomic E-state index is -0.281. The number of rotatable bonds is 5. The average Bonchev–Trinajstić information content (AvgIpc) is 2.73. The number of hydrogen-bond acceptors (Lipinski definition) is 2. The SMILES string of the molecule is CCCCn1c(CC)nc(-c2ccccc2F)c1N. The lowest BCUT2D eigenvalue weighted by Gasteiger charge is -2.07. The van der Waals surface area contributed by atoms with Gasteiger partial charge in [-0.05, 0) is 18.6 Å². The highest BCUT2D eigenvalue weighted by molar-refractivity contribution is 5.71. The van der Waals surface area contributed by atoms with Crippen LogP contribution < -0.4 is 5.73 Å². The molecule has 0 aliphatic heterocycles. The summed E-state index contributed by atoms with van der Waals surface area (Å²) < 4.78 is 15.9. The number of anilines is 1. The third kappa shape index (κ3) is 2.62. The number of nitrogens with zero attached hydrogens (tertiary/aromatic N) is 2. The highest BCUT2D eigenvalue weighted by Gasteiger charge is 2.17. The lowest BCUT2D eigenvalue weighted by molar-refractivity contribution is 0.612. The molecular weight excluding hydrogens is 241 g/mol. The Bertz CT molecular complexity index is 561. The third-order valence-electron chi connectivity index (χ3n) is 3.27. The summed E-state index contributed by atoms with van der Waals surface area (Å²) in [6.07, 6.45) is 2.93. The molecule has 0 saturated carbocycles. The highest BCUT2D eigenvalue weighted by Crippen LogP contribution is 2.28. The molecule has 1 aromatic carbocycles. The number of nitrogens with two attached hydrogens (primary N) is 1. The molecule has 2 N–H and O–H groups in total. The van der Waals surface area contributed by atoms with Crippen LogP contribution in [0, 0.1) is 5.82 Å². The number of benzene rings is 1. The monoisotopic (exact) mass is 261 g/mol. The Morgan fingerprint density at radius 2 is 2.00 bits per heavy atom. The zero-order chi connectivity index (χ0) is 13.8. The number of hydrogen-bond donors (Lipinski definition) is 1. The molecule has 0 bridgehead atoms. The zero-order valence-electron chi connectivity index (χ0n) is 11.5. The Kier molecular flexibility index (Phi) is 4.20. The fourth-order valence-corrected chi connectivity index (χ4v) is 2.20. The molecule has 0 radical (unpaired) electrons. The molecule has 0 unspecified atom stereocenters. The van der Waals surface area contributed by atoms with Crippen LogP contribution in [0.15, 0.2) is 24.3 Å². The Labute approximate surface area is 113 Å². The van der Waals surface area contributed by atoms with Gasteiger partial charge in [0.25, 0.3) is 0 Å². The van der Waals surface area contributed by atoms with Crippen LogP contribution in [-0.2, 0) is 13.0 Å². The summed E-state index contributed by atoms with van der Waals surface area (Å²) in [6, 6.07) is 6.63. The molecule has 0 aliphatic rings. The normalized spacial score (nSPS) is 10.9. The quantitative estimate of drug-likeness (QED) is 0.893. The van der Waals surface area contributed by atoms with Gasteiger partial charge in [-0.15, -0.1) is 0 Å². The first-order valence-corrected chi connectivity index (χ1v) is 6.78. The Balaban J connectivity index is 2.48. The number of unbranched alkanes of at least 4 members (excludes halogenated alkanes) is 1. The van der Waals surface area contributed by atoms with Gasteiger partial charge in [-0.3, -0.25) is 0 Å². The standard InChI is InChI=1S/C15H20FN3/c1-3-5-10-19-13(4-2)18-14(15(19)17)11-8-6-7-9-12(11)16/h6-9H,3-5,10,17H2,1-2H3. The van der Waals surface area contributed by atoms with Crippen LogP contribution in [0.5, 0.6) is 0 Å². The van der Waals surface area contributed by atoms with Crippen LogP contribution in [0.4, 0.5) is 10.2 Å². The lowest BCUT2D eigenvalue weighted by atomic mass is 10.1. The van der Waals surface area contributed by atoms with Crippen molar-refractivity contribution in [3.05, 3.63) is 35.9 Å². The second-order valence-corrected chi connectivity index (χ2v) is 4.60. The molecule has 3 nitrogen and oxygen atoms in total. The first-order chi connectivity index (χ1) is 9.19. The van der Waals surface area contributed by atoms with Crippen molar-refractivity contribution in [3.8, 4) is 11.3 Å². The second-order valence-electron chi connectivity index (χ2n) is 4.60. The molecular formula is C15H20FN3. The molecule has 1 aromatic heterocycles. The Hall–Kier alpha value is -1.84. The van der Waals surface area contributed by atoms with Crippen molar-refractivity contribution in [2.75, 3.05) is 5.73 Å². The molecule has 19 heavy (non-hydrogen) atoms. The van der Waals surface area contributed by atoms with Crippen LogP contribution in [0.3, 0.4) is 0 Å². The van der Waals surface area contributed by atoms with Crippen molar-refractivity contribution in [2.24, 2.45) is 0 Å². The topological polar surface area (TPSA) is 43.8 Å². The molecule has 2 aromatic rings. The summed E-state index contributed by atoms with van der Waals surface area (Å²) in [6.45, 7) is 5.01. The average molecular weight is 261 g/mol. The van der Waals surface area contributed by atoms with Crippen LogP contribution in [0.25, 0.3) is 11.3 Å². The van der Waals surface area contributed by atoms with Crippen molar-refractivity contribution < 1.29 is 4.39 Å².